The molecule has 0 radical (unpaired) electrons. The molecule has 0 spiro atoms. The molecule has 6 heteroatoms. The van der Waals surface area contributed by atoms with E-state index in [1.54, 1.807) is 11.3 Å². The van der Waals surface area contributed by atoms with Crippen LogP contribution in [0.15, 0.2) is 17.5 Å². The minimum absolute atomic E-state index is 0.182. The molecule has 1 aromatic rings. The number of nitrogens with zero attached hydrogens (tertiary/aromatic N) is 2. The van der Waals surface area contributed by atoms with E-state index in [0.29, 0.717) is 19.0 Å². The smallest absolute Gasteiger partial charge is 0.236 e. The Morgan fingerprint density at radius 1 is 1.19 bits per heavy atom. The molecule has 1 N–H and O–H groups in total. The molecule has 0 aromatic carbocycles. The van der Waals surface area contributed by atoms with Gasteiger partial charge in [-0.1, -0.05) is 25.3 Å². The molecule has 26 heavy (non-hydrogen) atoms. The zero-order chi connectivity index (χ0) is 18.0. The van der Waals surface area contributed by atoms with E-state index < -0.39 is 0 Å². The largest absolute Gasteiger partial charge is 0.340 e. The van der Waals surface area contributed by atoms with Crippen molar-refractivity contribution in [2.24, 2.45) is 0 Å². The Morgan fingerprint density at radius 2 is 2.04 bits per heavy atom. The molecule has 1 aromatic heterocycles. The minimum atomic E-state index is -0.318. The zero-order valence-electron chi connectivity index (χ0n) is 15.4. The Morgan fingerprint density at radius 3 is 2.77 bits per heavy atom. The molecule has 1 aliphatic carbocycles. The van der Waals surface area contributed by atoms with Gasteiger partial charge in [-0.2, -0.15) is 0 Å². The van der Waals surface area contributed by atoms with E-state index in [4.69, 9.17) is 0 Å². The highest BCUT2D eigenvalue weighted by Gasteiger charge is 2.45. The topological polar surface area (TPSA) is 52.7 Å². The molecule has 2 amide bonds. The monoisotopic (exact) mass is 375 g/mol. The quantitative estimate of drug-likeness (QED) is 0.882. The lowest BCUT2D eigenvalue weighted by Gasteiger charge is -2.45. The summed E-state index contributed by atoms with van der Waals surface area (Å²) in [6.07, 6.45) is 7.46. The van der Waals surface area contributed by atoms with Crippen LogP contribution in [0.5, 0.6) is 0 Å². The van der Waals surface area contributed by atoms with Gasteiger partial charge in [-0.25, -0.2) is 0 Å². The summed E-state index contributed by atoms with van der Waals surface area (Å²) >= 11 is 1.73. The number of thiophene rings is 1. The molecule has 1 saturated carbocycles. The molecular weight excluding hydrogens is 346 g/mol. The summed E-state index contributed by atoms with van der Waals surface area (Å²) in [6.45, 7) is 3.60. The maximum atomic E-state index is 13.7. The fraction of sp³-hybridized carbons (Fsp3) is 0.700. The Balaban J connectivity index is 1.53. The lowest BCUT2D eigenvalue weighted by molar-refractivity contribution is -0.144. The van der Waals surface area contributed by atoms with Crippen molar-refractivity contribution in [3.8, 4) is 0 Å². The van der Waals surface area contributed by atoms with Crippen LogP contribution in [0.4, 0.5) is 0 Å². The lowest BCUT2D eigenvalue weighted by Crippen LogP contribution is -2.59. The van der Waals surface area contributed by atoms with Crippen molar-refractivity contribution in [3.63, 3.8) is 0 Å². The first-order valence-corrected chi connectivity index (χ1v) is 10.9. The second kappa shape index (κ2) is 7.69. The maximum Gasteiger partial charge on any atom is 0.236 e. The summed E-state index contributed by atoms with van der Waals surface area (Å²) in [5.74, 6) is 0.494. The fourth-order valence-corrected chi connectivity index (χ4v) is 5.95. The normalized spacial score (nSPS) is 26.8. The lowest BCUT2D eigenvalue weighted by atomic mass is 9.71. The van der Waals surface area contributed by atoms with Gasteiger partial charge in [-0.15, -0.1) is 11.3 Å². The van der Waals surface area contributed by atoms with E-state index >= 15 is 0 Å². The van der Waals surface area contributed by atoms with Gasteiger partial charge in [-0.05, 0) is 37.1 Å². The number of amides is 2. The van der Waals surface area contributed by atoms with E-state index in [1.807, 2.05) is 4.90 Å². The average Bonchev–Trinajstić information content (AvgIpc) is 3.24. The highest BCUT2D eigenvalue weighted by Crippen LogP contribution is 2.43. The van der Waals surface area contributed by atoms with Crippen molar-refractivity contribution in [1.82, 2.24) is 15.1 Å². The number of hydrogen-bond donors (Lipinski definition) is 1. The van der Waals surface area contributed by atoms with E-state index in [-0.39, 0.29) is 17.4 Å². The number of piperidine rings is 1. The van der Waals surface area contributed by atoms with Crippen LogP contribution in [0.1, 0.15) is 49.8 Å². The molecule has 2 saturated heterocycles. The molecule has 142 valence electrons. The molecule has 5 nitrogen and oxygen atoms in total. The molecule has 2 aliphatic heterocycles. The molecule has 1 unspecified atom stereocenters. The van der Waals surface area contributed by atoms with E-state index in [1.165, 1.54) is 11.3 Å². The highest BCUT2D eigenvalue weighted by molar-refractivity contribution is 7.10. The predicted octanol–water partition coefficient (Wildman–Crippen LogP) is 2.37. The third-order valence-corrected chi connectivity index (χ3v) is 7.43. The standard InChI is InChI=1S/C20H29N3O2S/c24-18-14-21-10-12-23(18)16-6-4-11-22(15-16)19(25)20(8-2-1-3-9-20)17-7-5-13-26-17/h5,7,13,16,21H,1-4,6,8-12,14-15H2. The van der Waals surface area contributed by atoms with Crippen LogP contribution >= 0.6 is 11.3 Å². The summed E-state index contributed by atoms with van der Waals surface area (Å²) in [7, 11) is 0. The van der Waals surface area contributed by atoms with Gasteiger partial charge < -0.3 is 15.1 Å². The third-order valence-electron chi connectivity index (χ3n) is 6.36. The molecule has 1 atom stereocenters. The number of piperazine rings is 1. The first kappa shape index (κ1) is 18.0. The van der Waals surface area contributed by atoms with Gasteiger partial charge in [0.05, 0.1) is 12.0 Å². The number of carbonyl (C=O) groups is 2. The predicted molar refractivity (Wildman–Crippen MR) is 103 cm³/mol. The summed E-state index contributed by atoms with van der Waals surface area (Å²) < 4.78 is 0. The number of likely N-dealkylation sites (tertiary alicyclic amines) is 1. The maximum absolute atomic E-state index is 13.7. The Kier molecular flexibility index (Phi) is 5.32. The Hall–Kier alpha value is -1.40. The number of hydrogen-bond acceptors (Lipinski definition) is 4. The Labute approximate surface area is 159 Å². The second-order valence-corrected chi connectivity index (χ2v) is 8.88. The average molecular weight is 376 g/mol. The fourth-order valence-electron chi connectivity index (χ4n) is 4.98. The van der Waals surface area contributed by atoms with E-state index in [0.717, 1.165) is 58.2 Å². The van der Waals surface area contributed by atoms with Crippen molar-refractivity contribution in [3.05, 3.63) is 22.4 Å². The third kappa shape index (κ3) is 3.29. The van der Waals surface area contributed by atoms with Crippen molar-refractivity contribution in [1.29, 1.82) is 0 Å². The van der Waals surface area contributed by atoms with Crippen LogP contribution in [0, 0.1) is 0 Å². The van der Waals surface area contributed by atoms with Crippen molar-refractivity contribution < 1.29 is 9.59 Å². The number of nitrogens with one attached hydrogen (secondary N) is 1. The molecule has 3 fully saturated rings. The number of carbonyl (C=O) groups excluding carboxylic acids is 2. The highest BCUT2D eigenvalue weighted by atomic mass is 32.1. The van der Waals surface area contributed by atoms with Gasteiger partial charge in [0.25, 0.3) is 0 Å². The van der Waals surface area contributed by atoms with Gasteiger partial charge in [0, 0.05) is 37.1 Å². The van der Waals surface area contributed by atoms with Crippen molar-refractivity contribution >= 4 is 23.2 Å². The summed E-state index contributed by atoms with van der Waals surface area (Å²) in [5, 5.41) is 5.24. The van der Waals surface area contributed by atoms with Crippen LogP contribution in [-0.4, -0.2) is 60.4 Å². The summed E-state index contributed by atoms with van der Waals surface area (Å²) in [5.41, 5.74) is -0.318. The van der Waals surface area contributed by atoms with Crippen LogP contribution in [0.3, 0.4) is 0 Å². The molecule has 0 bridgehead atoms. The van der Waals surface area contributed by atoms with Crippen LogP contribution < -0.4 is 5.32 Å². The van der Waals surface area contributed by atoms with Gasteiger partial charge in [-0.3, -0.25) is 9.59 Å². The zero-order valence-corrected chi connectivity index (χ0v) is 16.2. The molecule has 4 rings (SSSR count). The molecular formula is C20H29N3O2S. The van der Waals surface area contributed by atoms with E-state index in [2.05, 4.69) is 27.7 Å². The van der Waals surface area contributed by atoms with Gasteiger partial charge in [0.1, 0.15) is 0 Å². The van der Waals surface area contributed by atoms with E-state index in [9.17, 15) is 9.59 Å². The summed E-state index contributed by atoms with van der Waals surface area (Å²) in [6, 6.07) is 4.41. The second-order valence-electron chi connectivity index (χ2n) is 7.93. The summed E-state index contributed by atoms with van der Waals surface area (Å²) in [4.78, 5) is 31.3. The van der Waals surface area contributed by atoms with Gasteiger partial charge in [0.15, 0.2) is 0 Å². The SMILES string of the molecule is O=C1CNCCN1C1CCCN(C(=O)C2(c3cccs3)CCCCC2)C1. The van der Waals surface area contributed by atoms with Crippen molar-refractivity contribution in [2.45, 2.75) is 56.4 Å². The minimum Gasteiger partial charge on any atom is -0.340 e. The van der Waals surface area contributed by atoms with Crippen LogP contribution in [0.2, 0.25) is 0 Å². The number of rotatable bonds is 3. The first-order chi connectivity index (χ1) is 12.7. The van der Waals surface area contributed by atoms with Gasteiger partial charge in [0.2, 0.25) is 11.8 Å². The first-order valence-electron chi connectivity index (χ1n) is 10.0. The Bertz CT molecular complexity index is 639. The molecule has 3 aliphatic rings. The van der Waals surface area contributed by atoms with Crippen LogP contribution in [0.25, 0.3) is 0 Å². The molecule has 3 heterocycles. The van der Waals surface area contributed by atoms with Crippen LogP contribution in [-0.2, 0) is 15.0 Å². The van der Waals surface area contributed by atoms with Gasteiger partial charge >= 0.3 is 0 Å². The van der Waals surface area contributed by atoms with Crippen molar-refractivity contribution in [2.75, 3.05) is 32.7 Å².